The Morgan fingerprint density at radius 3 is 2.70 bits per heavy atom. The average molecular weight is 627 g/mol. The summed E-state index contributed by atoms with van der Waals surface area (Å²) in [4.78, 5) is 56.3. The van der Waals surface area contributed by atoms with Crippen molar-refractivity contribution in [2.24, 2.45) is 10.8 Å². The standard InChI is InChI=1S/C28H32ClFN10O4/c1-15(2)39(13-23(41)34-11-18-8-17(10-20(29)25(18)30)21-12-38(3)7-6-33-21)24(42)14-40-22-5-4-16(28(44)35-37-32)9-19(22)26(36-40)27(31)43/h4-5,8-10,15,21,33H,6-7,11-14H2,1-3H3,(H2,31,43)(H,34,41). The summed E-state index contributed by atoms with van der Waals surface area (Å²) in [6, 6.07) is 6.93. The van der Waals surface area contributed by atoms with Crippen LogP contribution in [0.5, 0.6) is 0 Å². The van der Waals surface area contributed by atoms with E-state index in [4.69, 9.17) is 22.9 Å². The van der Waals surface area contributed by atoms with Gasteiger partial charge in [0.15, 0.2) is 5.69 Å². The smallest absolute Gasteiger partial charge is 0.269 e. The molecule has 4 amide bonds. The normalized spacial score (nSPS) is 15.2. The molecule has 0 spiro atoms. The number of benzene rings is 2. The Kier molecular flexibility index (Phi) is 10.2. The number of azide groups is 1. The third kappa shape index (κ3) is 7.32. The van der Waals surface area contributed by atoms with Gasteiger partial charge in [-0.1, -0.05) is 11.6 Å². The van der Waals surface area contributed by atoms with Crippen LogP contribution in [-0.4, -0.2) is 82.5 Å². The summed E-state index contributed by atoms with van der Waals surface area (Å²) in [5.41, 5.74) is 15.2. The number of carbonyl (C=O) groups is 4. The summed E-state index contributed by atoms with van der Waals surface area (Å²) in [5, 5.41) is 13.4. The third-order valence-corrected chi connectivity index (χ3v) is 7.57. The molecule has 0 aliphatic carbocycles. The van der Waals surface area contributed by atoms with Gasteiger partial charge in [-0.3, -0.25) is 23.9 Å². The fourth-order valence-electron chi connectivity index (χ4n) is 5.01. The van der Waals surface area contributed by atoms with Crippen molar-refractivity contribution in [3.05, 3.63) is 74.0 Å². The van der Waals surface area contributed by atoms with Gasteiger partial charge >= 0.3 is 0 Å². The van der Waals surface area contributed by atoms with Gasteiger partial charge in [-0.25, -0.2) is 4.39 Å². The number of fused-ring (bicyclic) bond motifs is 1. The van der Waals surface area contributed by atoms with E-state index in [1.165, 1.54) is 27.8 Å². The molecule has 1 unspecified atom stereocenters. The largest absolute Gasteiger partial charge is 0.364 e. The number of rotatable bonds is 10. The van der Waals surface area contributed by atoms with Crippen LogP contribution < -0.4 is 16.4 Å². The molecule has 0 bridgehead atoms. The van der Waals surface area contributed by atoms with E-state index in [1.807, 2.05) is 7.05 Å². The monoisotopic (exact) mass is 626 g/mol. The van der Waals surface area contributed by atoms with Gasteiger partial charge in [0.1, 0.15) is 12.4 Å². The van der Waals surface area contributed by atoms with Crippen molar-refractivity contribution < 1.29 is 23.6 Å². The fraction of sp³-hybridized carbons (Fsp3) is 0.393. The van der Waals surface area contributed by atoms with Crippen molar-refractivity contribution in [3.63, 3.8) is 0 Å². The lowest BCUT2D eigenvalue weighted by Crippen LogP contribution is -2.45. The van der Waals surface area contributed by atoms with Crippen molar-refractivity contribution in [1.82, 2.24) is 30.2 Å². The molecule has 232 valence electrons. The van der Waals surface area contributed by atoms with Crippen LogP contribution >= 0.6 is 11.6 Å². The highest BCUT2D eigenvalue weighted by Crippen LogP contribution is 2.26. The Hall–Kier alpha value is -4.56. The minimum atomic E-state index is -0.891. The highest BCUT2D eigenvalue weighted by Gasteiger charge is 2.25. The molecule has 16 heteroatoms. The lowest BCUT2D eigenvalue weighted by atomic mass is 10.0. The van der Waals surface area contributed by atoms with Gasteiger partial charge in [0, 0.05) is 59.7 Å². The Morgan fingerprint density at radius 2 is 2.05 bits per heavy atom. The van der Waals surface area contributed by atoms with E-state index < -0.39 is 35.5 Å². The predicted molar refractivity (Wildman–Crippen MR) is 160 cm³/mol. The van der Waals surface area contributed by atoms with Gasteiger partial charge in [0.2, 0.25) is 17.7 Å². The van der Waals surface area contributed by atoms with Gasteiger partial charge in [-0.05, 0) is 67.4 Å². The van der Waals surface area contributed by atoms with Gasteiger partial charge in [0.05, 0.1) is 17.1 Å². The number of piperazine rings is 1. The number of amides is 4. The quantitative estimate of drug-likeness (QED) is 0.175. The zero-order valence-electron chi connectivity index (χ0n) is 24.4. The summed E-state index contributed by atoms with van der Waals surface area (Å²) in [6.45, 7) is 5.03. The molecule has 4 N–H and O–H groups in total. The summed E-state index contributed by atoms with van der Waals surface area (Å²) in [7, 11) is 2.00. The molecule has 2 aromatic carbocycles. The highest BCUT2D eigenvalue weighted by molar-refractivity contribution is 6.30. The summed E-state index contributed by atoms with van der Waals surface area (Å²) in [5.74, 6) is -3.40. The van der Waals surface area contributed by atoms with Gasteiger partial charge in [-0.15, -0.1) is 0 Å². The highest BCUT2D eigenvalue weighted by atomic mass is 35.5. The van der Waals surface area contributed by atoms with Crippen LogP contribution in [0.2, 0.25) is 5.02 Å². The first kappa shape index (κ1) is 32.4. The first-order valence-electron chi connectivity index (χ1n) is 13.7. The summed E-state index contributed by atoms with van der Waals surface area (Å²) >= 11 is 6.18. The Balaban J connectivity index is 1.48. The van der Waals surface area contributed by atoms with Gasteiger partial charge in [-0.2, -0.15) is 5.10 Å². The zero-order valence-corrected chi connectivity index (χ0v) is 25.1. The van der Waals surface area contributed by atoms with E-state index in [1.54, 1.807) is 26.0 Å². The Bertz CT molecular complexity index is 1670. The number of likely N-dealkylation sites (N-methyl/N-ethyl adjacent to an activating group) is 1. The number of halogens is 2. The molecule has 1 aromatic heterocycles. The summed E-state index contributed by atoms with van der Waals surface area (Å²) < 4.78 is 16.1. The predicted octanol–water partition coefficient (Wildman–Crippen LogP) is 2.51. The molecule has 1 aliphatic heterocycles. The number of primary amides is 1. The molecular formula is C28H32ClFN10O4. The van der Waals surface area contributed by atoms with Crippen LogP contribution in [-0.2, 0) is 22.7 Å². The molecule has 3 aromatic rings. The topological polar surface area (TPSA) is 191 Å². The number of hydrogen-bond donors (Lipinski definition) is 3. The molecule has 14 nitrogen and oxygen atoms in total. The van der Waals surface area contributed by atoms with Crippen LogP contribution in [0, 0.1) is 5.82 Å². The van der Waals surface area contributed by atoms with Crippen molar-refractivity contribution in [2.45, 2.75) is 39.0 Å². The molecule has 1 fully saturated rings. The van der Waals surface area contributed by atoms with E-state index in [2.05, 4.69) is 30.7 Å². The zero-order chi connectivity index (χ0) is 32.1. The van der Waals surface area contributed by atoms with E-state index >= 15 is 0 Å². The maximum Gasteiger partial charge on any atom is 0.269 e. The van der Waals surface area contributed by atoms with Crippen molar-refractivity contribution in [3.8, 4) is 0 Å². The number of nitrogens with one attached hydrogen (secondary N) is 2. The number of nitrogens with two attached hydrogens (primary N) is 1. The second-order valence-corrected chi connectivity index (χ2v) is 11.1. The minimum Gasteiger partial charge on any atom is -0.364 e. The fourth-order valence-corrected chi connectivity index (χ4v) is 5.26. The first-order chi connectivity index (χ1) is 20.9. The molecule has 44 heavy (non-hydrogen) atoms. The average Bonchev–Trinajstić information content (AvgIpc) is 3.34. The van der Waals surface area contributed by atoms with Crippen molar-refractivity contribution in [1.29, 1.82) is 0 Å². The minimum absolute atomic E-state index is 0.00903. The molecule has 2 heterocycles. The van der Waals surface area contributed by atoms with Crippen LogP contribution in [0.4, 0.5) is 4.39 Å². The number of aromatic nitrogens is 2. The summed E-state index contributed by atoms with van der Waals surface area (Å²) in [6.07, 6.45) is 0. The molecule has 0 saturated carbocycles. The number of hydrogen-bond acceptors (Lipinski definition) is 7. The van der Waals surface area contributed by atoms with E-state index in [-0.39, 0.29) is 52.9 Å². The molecule has 1 saturated heterocycles. The van der Waals surface area contributed by atoms with E-state index in [0.29, 0.717) is 5.52 Å². The molecule has 1 aliphatic rings. The van der Waals surface area contributed by atoms with Gasteiger partial charge in [0.25, 0.3) is 5.91 Å². The molecular weight excluding hydrogens is 595 g/mol. The Morgan fingerprint density at radius 1 is 1.30 bits per heavy atom. The van der Waals surface area contributed by atoms with Crippen LogP contribution in [0.25, 0.3) is 21.3 Å². The van der Waals surface area contributed by atoms with Crippen molar-refractivity contribution >= 4 is 46.1 Å². The third-order valence-electron chi connectivity index (χ3n) is 7.29. The molecule has 1 atom stereocenters. The van der Waals surface area contributed by atoms with Gasteiger partial charge < -0.3 is 26.2 Å². The van der Waals surface area contributed by atoms with Crippen LogP contribution in [0.15, 0.2) is 35.4 Å². The lowest BCUT2D eigenvalue weighted by molar-refractivity contribution is -0.138. The first-order valence-corrected chi connectivity index (χ1v) is 14.1. The maximum absolute atomic E-state index is 14.9. The second kappa shape index (κ2) is 13.8. The lowest BCUT2D eigenvalue weighted by Gasteiger charge is -2.31. The van der Waals surface area contributed by atoms with Crippen LogP contribution in [0.1, 0.15) is 51.9 Å². The van der Waals surface area contributed by atoms with Crippen LogP contribution in [0.3, 0.4) is 0 Å². The SMILES string of the molecule is CC(C)N(CC(=O)NCc1cc(C2CN(C)CCN2)cc(Cl)c1F)C(=O)Cn1nc(C(N)=O)c2cc(C(=O)N=[N+]=[N-])ccc21. The molecule has 0 radical (unpaired) electrons. The maximum atomic E-state index is 14.9. The second-order valence-electron chi connectivity index (χ2n) is 10.7. The Labute approximate surface area is 256 Å². The molecule has 4 rings (SSSR count). The number of nitrogens with zero attached hydrogens (tertiary/aromatic N) is 7. The number of carbonyl (C=O) groups excluding carboxylic acids is 4. The van der Waals surface area contributed by atoms with Crippen molar-refractivity contribution in [2.75, 3.05) is 33.2 Å². The van der Waals surface area contributed by atoms with E-state index in [9.17, 15) is 23.6 Å². The van der Waals surface area contributed by atoms with E-state index in [0.717, 1.165) is 25.2 Å².